The average Bonchev–Trinajstić information content (AvgIpc) is 2.17. The zero-order valence-electron chi connectivity index (χ0n) is 8.76. The summed E-state index contributed by atoms with van der Waals surface area (Å²) in [6.07, 6.45) is 0.157. The molecule has 0 aromatic rings. The van der Waals surface area contributed by atoms with Crippen molar-refractivity contribution in [1.82, 2.24) is 0 Å². The summed E-state index contributed by atoms with van der Waals surface area (Å²) < 4.78 is 37.5. The minimum Gasteiger partial charge on any atom is -0.327 e. The molecule has 88 valence electrons. The standard InChI is InChI=1S/C11H18F3N/c1-2-4-10(15)8-5-3-6-9(7-8)11(12,13)14/h2,8-10H,1,3-7,15H2. The molecule has 1 fully saturated rings. The van der Waals surface area contributed by atoms with Gasteiger partial charge < -0.3 is 5.73 Å². The van der Waals surface area contributed by atoms with Gasteiger partial charge in [0.2, 0.25) is 0 Å². The molecule has 0 amide bonds. The fourth-order valence-electron chi connectivity index (χ4n) is 2.30. The SMILES string of the molecule is C=CCC(N)C1CCCC(C(F)(F)F)C1. The zero-order valence-corrected chi connectivity index (χ0v) is 8.76. The van der Waals surface area contributed by atoms with Gasteiger partial charge in [0.05, 0.1) is 5.92 Å². The van der Waals surface area contributed by atoms with Crippen LogP contribution in [-0.4, -0.2) is 12.2 Å². The molecule has 1 nitrogen and oxygen atoms in total. The molecule has 0 spiro atoms. The minimum atomic E-state index is -4.05. The van der Waals surface area contributed by atoms with Crippen molar-refractivity contribution in [1.29, 1.82) is 0 Å². The fourth-order valence-corrected chi connectivity index (χ4v) is 2.30. The average molecular weight is 221 g/mol. The first-order chi connectivity index (χ1) is 6.95. The minimum absolute atomic E-state index is 0.00312. The van der Waals surface area contributed by atoms with Crippen LogP contribution in [0.3, 0.4) is 0 Å². The molecule has 0 aliphatic heterocycles. The van der Waals surface area contributed by atoms with Gasteiger partial charge in [-0.2, -0.15) is 13.2 Å². The number of alkyl halides is 3. The molecule has 3 atom stereocenters. The highest BCUT2D eigenvalue weighted by Crippen LogP contribution is 2.40. The second-order valence-electron chi connectivity index (χ2n) is 4.35. The number of hydrogen-bond donors (Lipinski definition) is 1. The second-order valence-corrected chi connectivity index (χ2v) is 4.35. The van der Waals surface area contributed by atoms with E-state index in [4.69, 9.17) is 5.73 Å². The highest BCUT2D eigenvalue weighted by atomic mass is 19.4. The van der Waals surface area contributed by atoms with Crippen LogP contribution in [0.15, 0.2) is 12.7 Å². The van der Waals surface area contributed by atoms with Crippen molar-refractivity contribution in [2.45, 2.75) is 44.3 Å². The van der Waals surface area contributed by atoms with E-state index in [9.17, 15) is 13.2 Å². The van der Waals surface area contributed by atoms with E-state index >= 15 is 0 Å². The molecule has 0 heterocycles. The van der Waals surface area contributed by atoms with Gasteiger partial charge in [0, 0.05) is 6.04 Å². The Morgan fingerprint density at radius 1 is 1.40 bits per heavy atom. The number of nitrogens with two attached hydrogens (primary N) is 1. The molecule has 1 aliphatic carbocycles. The molecule has 0 aromatic heterocycles. The Hall–Kier alpha value is -0.510. The van der Waals surface area contributed by atoms with Crippen LogP contribution in [0, 0.1) is 11.8 Å². The van der Waals surface area contributed by atoms with Gasteiger partial charge in [0.15, 0.2) is 0 Å². The molecule has 0 radical (unpaired) electrons. The van der Waals surface area contributed by atoms with Crippen molar-refractivity contribution in [3.05, 3.63) is 12.7 Å². The maximum absolute atomic E-state index is 12.5. The predicted octanol–water partition coefficient (Wildman–Crippen LogP) is 3.26. The van der Waals surface area contributed by atoms with Gasteiger partial charge in [0.1, 0.15) is 0 Å². The van der Waals surface area contributed by atoms with Crippen LogP contribution in [0.1, 0.15) is 32.1 Å². The molecule has 1 aliphatic rings. The van der Waals surface area contributed by atoms with Crippen molar-refractivity contribution in [2.24, 2.45) is 17.6 Å². The summed E-state index contributed by atoms with van der Waals surface area (Å²) in [5.41, 5.74) is 5.83. The first-order valence-electron chi connectivity index (χ1n) is 5.38. The highest BCUT2D eigenvalue weighted by Gasteiger charge is 2.42. The lowest BCUT2D eigenvalue weighted by Crippen LogP contribution is -2.37. The van der Waals surface area contributed by atoms with Gasteiger partial charge in [-0.05, 0) is 31.6 Å². The number of rotatable bonds is 3. The molecule has 1 rings (SSSR count). The fraction of sp³-hybridized carbons (Fsp3) is 0.818. The molecule has 15 heavy (non-hydrogen) atoms. The van der Waals surface area contributed by atoms with E-state index in [0.29, 0.717) is 12.8 Å². The molecule has 0 aromatic carbocycles. The third kappa shape index (κ3) is 3.52. The van der Waals surface area contributed by atoms with Crippen LogP contribution in [0.4, 0.5) is 13.2 Å². The van der Waals surface area contributed by atoms with Crippen LogP contribution in [-0.2, 0) is 0 Å². The van der Waals surface area contributed by atoms with E-state index in [1.165, 1.54) is 0 Å². The highest BCUT2D eigenvalue weighted by molar-refractivity contribution is 4.86. The third-order valence-electron chi connectivity index (χ3n) is 3.22. The smallest absolute Gasteiger partial charge is 0.327 e. The lowest BCUT2D eigenvalue weighted by atomic mass is 9.77. The zero-order chi connectivity index (χ0) is 11.5. The molecule has 1 saturated carbocycles. The van der Waals surface area contributed by atoms with Crippen molar-refractivity contribution in [3.63, 3.8) is 0 Å². The topological polar surface area (TPSA) is 26.0 Å². The van der Waals surface area contributed by atoms with Crippen molar-refractivity contribution >= 4 is 0 Å². The summed E-state index contributed by atoms with van der Waals surface area (Å²) in [6, 6.07) is -0.160. The molecular weight excluding hydrogens is 203 g/mol. The van der Waals surface area contributed by atoms with Gasteiger partial charge in [-0.15, -0.1) is 6.58 Å². The van der Waals surface area contributed by atoms with Crippen LogP contribution in [0.5, 0.6) is 0 Å². The van der Waals surface area contributed by atoms with Crippen molar-refractivity contribution in [2.75, 3.05) is 0 Å². The number of halogens is 3. The van der Waals surface area contributed by atoms with Gasteiger partial charge >= 0.3 is 6.18 Å². The van der Waals surface area contributed by atoms with E-state index in [2.05, 4.69) is 6.58 Å². The Morgan fingerprint density at radius 2 is 2.07 bits per heavy atom. The van der Waals surface area contributed by atoms with E-state index in [-0.39, 0.29) is 24.8 Å². The Balaban J connectivity index is 2.52. The van der Waals surface area contributed by atoms with Gasteiger partial charge in [-0.25, -0.2) is 0 Å². The predicted molar refractivity (Wildman–Crippen MR) is 54.3 cm³/mol. The van der Waals surface area contributed by atoms with E-state index in [1.807, 2.05) is 0 Å². The number of hydrogen-bond acceptors (Lipinski definition) is 1. The lowest BCUT2D eigenvalue weighted by Gasteiger charge is -2.33. The normalized spacial score (nSPS) is 29.9. The Kier molecular flexibility index (Phi) is 4.20. The first kappa shape index (κ1) is 12.6. The maximum atomic E-state index is 12.5. The van der Waals surface area contributed by atoms with E-state index in [0.717, 1.165) is 6.42 Å². The maximum Gasteiger partial charge on any atom is 0.391 e. The van der Waals surface area contributed by atoms with Crippen molar-refractivity contribution in [3.8, 4) is 0 Å². The summed E-state index contributed by atoms with van der Waals surface area (Å²) in [6.45, 7) is 3.56. The van der Waals surface area contributed by atoms with Gasteiger partial charge in [-0.1, -0.05) is 12.5 Å². The summed E-state index contributed by atoms with van der Waals surface area (Å²) in [5.74, 6) is -1.14. The Bertz CT molecular complexity index is 212. The molecule has 0 bridgehead atoms. The summed E-state index contributed by atoms with van der Waals surface area (Å²) in [5, 5.41) is 0. The summed E-state index contributed by atoms with van der Waals surface area (Å²) >= 11 is 0. The third-order valence-corrected chi connectivity index (χ3v) is 3.22. The molecular formula is C11H18F3N. The van der Waals surface area contributed by atoms with Crippen LogP contribution in [0.2, 0.25) is 0 Å². The molecule has 4 heteroatoms. The van der Waals surface area contributed by atoms with E-state index in [1.54, 1.807) is 6.08 Å². The summed E-state index contributed by atoms with van der Waals surface area (Å²) in [7, 11) is 0. The van der Waals surface area contributed by atoms with Gasteiger partial charge in [-0.3, -0.25) is 0 Å². The Labute approximate surface area is 88.5 Å². The summed E-state index contributed by atoms with van der Waals surface area (Å²) in [4.78, 5) is 0. The van der Waals surface area contributed by atoms with Gasteiger partial charge in [0.25, 0.3) is 0 Å². The largest absolute Gasteiger partial charge is 0.391 e. The monoisotopic (exact) mass is 221 g/mol. The quantitative estimate of drug-likeness (QED) is 0.727. The van der Waals surface area contributed by atoms with E-state index < -0.39 is 12.1 Å². The van der Waals surface area contributed by atoms with Crippen LogP contribution in [0.25, 0.3) is 0 Å². The lowest BCUT2D eigenvalue weighted by molar-refractivity contribution is -0.186. The second kappa shape index (κ2) is 5.01. The van der Waals surface area contributed by atoms with Crippen molar-refractivity contribution < 1.29 is 13.2 Å². The van der Waals surface area contributed by atoms with Crippen LogP contribution >= 0.6 is 0 Å². The molecule has 2 N–H and O–H groups in total. The molecule has 0 saturated heterocycles. The van der Waals surface area contributed by atoms with Crippen LogP contribution < -0.4 is 5.73 Å². The Morgan fingerprint density at radius 3 is 2.60 bits per heavy atom. The molecule has 3 unspecified atom stereocenters. The first-order valence-corrected chi connectivity index (χ1v) is 5.38.